The van der Waals surface area contributed by atoms with Crippen molar-refractivity contribution >= 4 is 29.4 Å². The molecule has 100 valence electrons. The van der Waals surface area contributed by atoms with Gasteiger partial charge in [0, 0.05) is 18.7 Å². The zero-order valence-corrected chi connectivity index (χ0v) is 11.5. The Balaban J connectivity index is 2.05. The summed E-state index contributed by atoms with van der Waals surface area (Å²) in [6.45, 7) is 0. The summed E-state index contributed by atoms with van der Waals surface area (Å²) in [6.07, 6.45) is 3.16. The van der Waals surface area contributed by atoms with E-state index in [9.17, 15) is 4.79 Å². The van der Waals surface area contributed by atoms with Gasteiger partial charge in [0.15, 0.2) is 0 Å². The van der Waals surface area contributed by atoms with Gasteiger partial charge in [-0.05, 0) is 24.3 Å². The highest BCUT2D eigenvalue weighted by molar-refractivity contribution is 6.35. The minimum absolute atomic E-state index is 0.184. The van der Waals surface area contributed by atoms with E-state index >= 15 is 0 Å². The predicted octanol–water partition coefficient (Wildman–Crippen LogP) is 3.19. The Morgan fingerprint density at radius 2 is 2.05 bits per heavy atom. The summed E-state index contributed by atoms with van der Waals surface area (Å²) in [7, 11) is 1.67. The molecule has 1 aliphatic heterocycles. The Morgan fingerprint density at radius 1 is 1.25 bits per heavy atom. The van der Waals surface area contributed by atoms with E-state index in [1.807, 2.05) is 18.2 Å². The fourth-order valence-corrected chi connectivity index (χ4v) is 2.21. The van der Waals surface area contributed by atoms with Crippen LogP contribution in [0.5, 0.6) is 0 Å². The van der Waals surface area contributed by atoms with E-state index in [4.69, 9.17) is 16.0 Å². The van der Waals surface area contributed by atoms with Gasteiger partial charge in [-0.25, -0.2) is 4.99 Å². The van der Waals surface area contributed by atoms with Crippen LogP contribution in [0.15, 0.2) is 57.8 Å². The van der Waals surface area contributed by atoms with E-state index in [0.717, 1.165) is 5.56 Å². The van der Waals surface area contributed by atoms with Crippen molar-refractivity contribution in [3.8, 4) is 0 Å². The first kappa shape index (κ1) is 12.7. The maximum absolute atomic E-state index is 12.2. The molecule has 0 radical (unpaired) electrons. The number of carbonyl (C=O) groups excluding carboxylic acids is 1. The summed E-state index contributed by atoms with van der Waals surface area (Å²) in [5.74, 6) is 0.945. The van der Waals surface area contributed by atoms with Crippen LogP contribution in [0.1, 0.15) is 11.3 Å². The molecule has 0 spiro atoms. The third-order valence-corrected chi connectivity index (χ3v) is 3.33. The van der Waals surface area contributed by atoms with Gasteiger partial charge in [-0.1, -0.05) is 23.7 Å². The molecule has 0 saturated carbocycles. The molecule has 20 heavy (non-hydrogen) atoms. The van der Waals surface area contributed by atoms with Crippen molar-refractivity contribution in [2.24, 2.45) is 4.99 Å². The largest absolute Gasteiger partial charge is 0.465 e. The molecule has 1 aromatic carbocycles. The number of likely N-dealkylation sites (N-methyl/N-ethyl adjacent to an activating group) is 1. The highest BCUT2D eigenvalue weighted by atomic mass is 35.5. The molecule has 0 atom stereocenters. The number of amidine groups is 1. The van der Waals surface area contributed by atoms with Gasteiger partial charge in [-0.15, -0.1) is 0 Å². The second-order valence-electron chi connectivity index (χ2n) is 4.32. The number of nitrogens with zero attached hydrogens (tertiary/aromatic N) is 2. The summed E-state index contributed by atoms with van der Waals surface area (Å²) < 4.78 is 5.20. The van der Waals surface area contributed by atoms with E-state index in [1.165, 1.54) is 4.90 Å². The maximum Gasteiger partial charge on any atom is 0.278 e. The van der Waals surface area contributed by atoms with E-state index in [1.54, 1.807) is 37.6 Å². The number of rotatable bonds is 2. The molecule has 4 nitrogen and oxygen atoms in total. The van der Waals surface area contributed by atoms with Crippen LogP contribution in [-0.4, -0.2) is 23.7 Å². The molecule has 3 rings (SSSR count). The van der Waals surface area contributed by atoms with Gasteiger partial charge in [-0.3, -0.25) is 9.69 Å². The Kier molecular flexibility index (Phi) is 3.16. The number of hydrogen-bond donors (Lipinski definition) is 0. The van der Waals surface area contributed by atoms with Crippen LogP contribution in [0, 0.1) is 0 Å². The maximum atomic E-state index is 12.2. The second-order valence-corrected chi connectivity index (χ2v) is 4.73. The third kappa shape index (κ3) is 2.14. The monoisotopic (exact) mass is 286 g/mol. The highest BCUT2D eigenvalue weighted by Crippen LogP contribution is 2.24. The quantitative estimate of drug-likeness (QED) is 0.796. The summed E-state index contributed by atoms with van der Waals surface area (Å²) in [5, 5.41) is 0.560. The number of furan rings is 1. The molecule has 2 aromatic rings. The molecule has 0 fully saturated rings. The highest BCUT2D eigenvalue weighted by Gasteiger charge is 2.29. The standard InChI is InChI=1S/C15H11ClN2O2/c1-18-14(11-6-2-3-7-12(11)16)17-13(15(18)19)9-10-5-4-8-20-10/h2-9H,1H3. The van der Waals surface area contributed by atoms with Crippen molar-refractivity contribution in [3.05, 3.63) is 64.7 Å². The minimum atomic E-state index is -0.184. The lowest BCUT2D eigenvalue weighted by Crippen LogP contribution is -2.28. The van der Waals surface area contributed by atoms with Crippen molar-refractivity contribution in [2.75, 3.05) is 7.05 Å². The predicted molar refractivity (Wildman–Crippen MR) is 77.4 cm³/mol. The Bertz CT molecular complexity index is 717. The van der Waals surface area contributed by atoms with Crippen LogP contribution >= 0.6 is 11.6 Å². The van der Waals surface area contributed by atoms with Crippen LogP contribution in [-0.2, 0) is 4.79 Å². The van der Waals surface area contributed by atoms with Gasteiger partial charge in [0.05, 0.1) is 11.3 Å². The molecule has 0 N–H and O–H groups in total. The first-order chi connectivity index (χ1) is 9.66. The van der Waals surface area contributed by atoms with Gasteiger partial charge < -0.3 is 4.42 Å². The van der Waals surface area contributed by atoms with Crippen molar-refractivity contribution in [1.29, 1.82) is 0 Å². The third-order valence-electron chi connectivity index (χ3n) is 3.00. The molecule has 0 bridgehead atoms. The van der Waals surface area contributed by atoms with Crippen LogP contribution < -0.4 is 0 Å². The Hall–Kier alpha value is -2.33. The number of carbonyl (C=O) groups is 1. The SMILES string of the molecule is CN1C(=O)C(=Cc2ccco2)N=C1c1ccccc1Cl. The number of halogens is 1. The summed E-state index contributed by atoms with van der Waals surface area (Å²) in [6, 6.07) is 10.8. The molecule has 0 unspecified atom stereocenters. The molecule has 0 aliphatic carbocycles. The summed E-state index contributed by atoms with van der Waals surface area (Å²) >= 11 is 6.15. The Morgan fingerprint density at radius 3 is 2.75 bits per heavy atom. The minimum Gasteiger partial charge on any atom is -0.465 e. The fourth-order valence-electron chi connectivity index (χ4n) is 1.99. The Labute approximate surface area is 121 Å². The average molecular weight is 287 g/mol. The van der Waals surface area contributed by atoms with E-state index in [2.05, 4.69) is 4.99 Å². The number of amides is 1. The van der Waals surface area contributed by atoms with Gasteiger partial charge >= 0.3 is 0 Å². The molecule has 1 aromatic heterocycles. The van der Waals surface area contributed by atoms with Crippen LogP contribution in [0.2, 0.25) is 5.02 Å². The molecular weight excluding hydrogens is 276 g/mol. The number of hydrogen-bond acceptors (Lipinski definition) is 3. The average Bonchev–Trinajstić information content (AvgIpc) is 3.04. The normalized spacial score (nSPS) is 16.9. The van der Waals surface area contributed by atoms with Crippen LogP contribution in [0.25, 0.3) is 6.08 Å². The summed E-state index contributed by atoms with van der Waals surface area (Å²) in [4.78, 5) is 18.0. The molecule has 1 aliphatic rings. The smallest absolute Gasteiger partial charge is 0.278 e. The molecule has 1 amide bonds. The van der Waals surface area contributed by atoms with Crippen molar-refractivity contribution in [2.45, 2.75) is 0 Å². The van der Waals surface area contributed by atoms with Crippen molar-refractivity contribution < 1.29 is 9.21 Å². The molecule has 5 heteroatoms. The van der Waals surface area contributed by atoms with Crippen LogP contribution in [0.4, 0.5) is 0 Å². The van der Waals surface area contributed by atoms with Gasteiger partial charge in [0.25, 0.3) is 5.91 Å². The molecule has 0 saturated heterocycles. The second kappa shape index (κ2) is 4.98. The van der Waals surface area contributed by atoms with E-state index in [0.29, 0.717) is 22.3 Å². The molecule has 2 heterocycles. The lowest BCUT2D eigenvalue weighted by molar-refractivity contribution is -0.121. The van der Waals surface area contributed by atoms with Crippen molar-refractivity contribution in [3.63, 3.8) is 0 Å². The lowest BCUT2D eigenvalue weighted by Gasteiger charge is -2.12. The first-order valence-corrected chi connectivity index (χ1v) is 6.41. The lowest BCUT2D eigenvalue weighted by atomic mass is 10.2. The summed E-state index contributed by atoms with van der Waals surface area (Å²) in [5.41, 5.74) is 1.06. The number of benzene rings is 1. The number of aliphatic imine (C=N–C) groups is 1. The van der Waals surface area contributed by atoms with Gasteiger partial charge in [0.2, 0.25) is 0 Å². The first-order valence-electron chi connectivity index (χ1n) is 6.03. The van der Waals surface area contributed by atoms with Gasteiger partial charge in [-0.2, -0.15) is 0 Å². The van der Waals surface area contributed by atoms with Gasteiger partial charge in [0.1, 0.15) is 17.3 Å². The van der Waals surface area contributed by atoms with Crippen LogP contribution in [0.3, 0.4) is 0 Å². The zero-order valence-electron chi connectivity index (χ0n) is 10.7. The van der Waals surface area contributed by atoms with Crippen molar-refractivity contribution in [1.82, 2.24) is 4.90 Å². The van der Waals surface area contributed by atoms with E-state index < -0.39 is 0 Å². The molecular formula is C15H11ClN2O2. The fraction of sp³-hybridized carbons (Fsp3) is 0.0667. The topological polar surface area (TPSA) is 45.8 Å². The van der Waals surface area contributed by atoms with E-state index in [-0.39, 0.29) is 5.91 Å². The zero-order chi connectivity index (χ0) is 14.1.